The van der Waals surface area contributed by atoms with Crippen molar-refractivity contribution in [1.29, 1.82) is 0 Å². The molecule has 0 bridgehead atoms. The van der Waals surface area contributed by atoms with Crippen molar-refractivity contribution in [1.82, 2.24) is 0 Å². The summed E-state index contributed by atoms with van der Waals surface area (Å²) in [5.74, 6) is 0. The quantitative estimate of drug-likeness (QED) is 0.398. The fourth-order valence-electron chi connectivity index (χ4n) is 2.11. The average molecular weight is 338 g/mol. The van der Waals surface area contributed by atoms with Crippen molar-refractivity contribution in [2.45, 2.75) is 6.54 Å². The Morgan fingerprint density at radius 1 is 0.880 bits per heavy atom. The minimum atomic E-state index is -0.525. The summed E-state index contributed by atoms with van der Waals surface area (Å²) in [6, 6.07) is 8.79. The summed E-state index contributed by atoms with van der Waals surface area (Å²) >= 11 is 0. The van der Waals surface area contributed by atoms with Crippen LogP contribution in [0.2, 0.25) is 0 Å². The molecule has 0 unspecified atom stereocenters. The fourth-order valence-corrected chi connectivity index (χ4v) is 2.11. The van der Waals surface area contributed by atoms with Crippen LogP contribution in [0.25, 0.3) is 12.2 Å². The van der Waals surface area contributed by atoms with Crippen molar-refractivity contribution in [3.05, 3.63) is 86.5 Å². The molecular formula is C17H14N4O4. The molecule has 0 atom stereocenters. The van der Waals surface area contributed by atoms with Crippen LogP contribution in [0.15, 0.2) is 59.8 Å². The zero-order chi connectivity index (χ0) is 18.4. The lowest BCUT2D eigenvalue weighted by Gasteiger charge is -2.01. The summed E-state index contributed by atoms with van der Waals surface area (Å²) in [5, 5.41) is 29.8. The van der Waals surface area contributed by atoms with Crippen molar-refractivity contribution in [2.24, 2.45) is 10.2 Å². The molecule has 25 heavy (non-hydrogen) atoms. The van der Waals surface area contributed by atoms with E-state index in [2.05, 4.69) is 23.4 Å². The molecule has 0 saturated heterocycles. The summed E-state index contributed by atoms with van der Waals surface area (Å²) in [6.45, 7) is 7.27. The number of non-ortho nitro benzene ring substituents is 2. The molecule has 0 amide bonds. The van der Waals surface area contributed by atoms with Crippen LogP contribution in [0, 0.1) is 20.2 Å². The van der Waals surface area contributed by atoms with E-state index >= 15 is 0 Å². The first kappa shape index (κ1) is 17.7. The largest absolute Gasteiger partial charge is 0.272 e. The molecule has 2 aromatic carbocycles. The van der Waals surface area contributed by atoms with Crippen LogP contribution in [0.5, 0.6) is 0 Å². The summed E-state index contributed by atoms with van der Waals surface area (Å²) in [4.78, 5) is 20.8. The van der Waals surface area contributed by atoms with Crippen LogP contribution in [0.4, 0.5) is 17.1 Å². The predicted octanol–water partition coefficient (Wildman–Crippen LogP) is 5.07. The molecule has 126 valence electrons. The molecule has 0 aliphatic heterocycles. The van der Waals surface area contributed by atoms with E-state index in [1.54, 1.807) is 12.1 Å². The molecule has 0 aliphatic carbocycles. The first-order valence-corrected chi connectivity index (χ1v) is 7.13. The standard InChI is InChI=1S/C17H14N4O4/c1-3-12-5-14(9-16(7-12)20(22)23)11-18-19-15-6-13(4-2)8-17(10-15)21(24)25/h3-10H,1-2,11H2. The highest BCUT2D eigenvalue weighted by molar-refractivity contribution is 5.59. The van der Waals surface area contributed by atoms with Crippen LogP contribution < -0.4 is 0 Å². The topological polar surface area (TPSA) is 111 Å². The summed E-state index contributed by atoms with van der Waals surface area (Å²) in [5.41, 5.74) is 1.86. The van der Waals surface area contributed by atoms with Gasteiger partial charge in [-0.1, -0.05) is 25.3 Å². The van der Waals surface area contributed by atoms with Crippen LogP contribution in [-0.4, -0.2) is 9.85 Å². The van der Waals surface area contributed by atoms with Gasteiger partial charge in [-0.25, -0.2) is 0 Å². The summed E-state index contributed by atoms with van der Waals surface area (Å²) < 4.78 is 0. The van der Waals surface area contributed by atoms with E-state index in [0.29, 0.717) is 22.4 Å². The molecular weight excluding hydrogens is 324 g/mol. The van der Waals surface area contributed by atoms with Crippen LogP contribution >= 0.6 is 0 Å². The minimum Gasteiger partial charge on any atom is -0.258 e. The first-order valence-electron chi connectivity index (χ1n) is 7.13. The molecule has 0 aromatic heterocycles. The minimum absolute atomic E-state index is 0.0631. The number of benzene rings is 2. The lowest BCUT2D eigenvalue weighted by molar-refractivity contribution is -0.385. The van der Waals surface area contributed by atoms with Gasteiger partial charge in [0.1, 0.15) is 0 Å². The lowest BCUT2D eigenvalue weighted by atomic mass is 10.1. The van der Waals surface area contributed by atoms with E-state index in [9.17, 15) is 20.2 Å². The lowest BCUT2D eigenvalue weighted by Crippen LogP contribution is -1.91. The third kappa shape index (κ3) is 4.64. The highest BCUT2D eigenvalue weighted by atomic mass is 16.6. The molecule has 0 aliphatic rings. The van der Waals surface area contributed by atoms with Gasteiger partial charge in [0, 0.05) is 24.3 Å². The van der Waals surface area contributed by atoms with Crippen molar-refractivity contribution >= 4 is 29.2 Å². The first-order chi connectivity index (χ1) is 11.9. The Morgan fingerprint density at radius 3 is 2.00 bits per heavy atom. The number of nitro benzene ring substituents is 2. The summed E-state index contributed by atoms with van der Waals surface area (Å²) in [6.07, 6.45) is 2.98. The molecule has 8 nitrogen and oxygen atoms in total. The van der Waals surface area contributed by atoms with Gasteiger partial charge >= 0.3 is 0 Å². The normalized spacial score (nSPS) is 10.6. The fraction of sp³-hybridized carbons (Fsp3) is 0.0588. The Kier molecular flexibility index (Phi) is 5.47. The number of rotatable bonds is 7. The van der Waals surface area contributed by atoms with E-state index in [0.717, 1.165) is 0 Å². The SMILES string of the molecule is C=Cc1cc(CN=Nc2cc(C=C)cc([N+](=O)[O-])c2)cc([N+](=O)[O-])c1. The highest BCUT2D eigenvalue weighted by Gasteiger charge is 2.10. The number of hydrogen-bond donors (Lipinski definition) is 0. The molecule has 0 saturated carbocycles. The molecule has 8 heteroatoms. The third-order valence-electron chi connectivity index (χ3n) is 3.26. The van der Waals surface area contributed by atoms with Crippen molar-refractivity contribution in [3.63, 3.8) is 0 Å². The maximum atomic E-state index is 10.9. The molecule has 2 aromatic rings. The van der Waals surface area contributed by atoms with Gasteiger partial charge in [0.15, 0.2) is 0 Å². The number of nitro groups is 2. The van der Waals surface area contributed by atoms with Gasteiger partial charge in [-0.2, -0.15) is 10.2 Å². The number of hydrogen-bond acceptors (Lipinski definition) is 6. The van der Waals surface area contributed by atoms with E-state index < -0.39 is 9.85 Å². The Balaban J connectivity index is 2.26. The van der Waals surface area contributed by atoms with Crippen LogP contribution in [0.3, 0.4) is 0 Å². The molecule has 0 N–H and O–H groups in total. The van der Waals surface area contributed by atoms with Crippen molar-refractivity contribution in [2.75, 3.05) is 0 Å². The van der Waals surface area contributed by atoms with Crippen LogP contribution in [-0.2, 0) is 6.54 Å². The molecule has 0 spiro atoms. The van der Waals surface area contributed by atoms with Gasteiger partial charge < -0.3 is 0 Å². The molecule has 0 fully saturated rings. The average Bonchev–Trinajstić information content (AvgIpc) is 2.60. The molecule has 0 radical (unpaired) electrons. The van der Waals surface area contributed by atoms with Gasteiger partial charge in [-0.3, -0.25) is 20.2 Å². The second-order valence-corrected chi connectivity index (χ2v) is 5.04. The maximum Gasteiger partial charge on any atom is 0.272 e. The number of azo groups is 1. The van der Waals surface area contributed by atoms with E-state index in [4.69, 9.17) is 0 Å². The Labute approximate surface area is 143 Å². The van der Waals surface area contributed by atoms with Gasteiger partial charge in [-0.15, -0.1) is 0 Å². The van der Waals surface area contributed by atoms with Gasteiger partial charge in [0.05, 0.1) is 22.1 Å². The Morgan fingerprint density at radius 2 is 1.44 bits per heavy atom. The maximum absolute atomic E-state index is 10.9. The summed E-state index contributed by atoms with van der Waals surface area (Å²) in [7, 11) is 0. The highest BCUT2D eigenvalue weighted by Crippen LogP contribution is 2.25. The predicted molar refractivity (Wildman–Crippen MR) is 94.6 cm³/mol. The second kappa shape index (κ2) is 7.73. The smallest absolute Gasteiger partial charge is 0.258 e. The van der Waals surface area contributed by atoms with E-state index in [1.165, 1.54) is 36.4 Å². The van der Waals surface area contributed by atoms with E-state index in [1.807, 2.05) is 0 Å². The molecule has 2 rings (SSSR count). The van der Waals surface area contributed by atoms with Gasteiger partial charge in [-0.05, 0) is 28.8 Å². The van der Waals surface area contributed by atoms with Crippen molar-refractivity contribution < 1.29 is 9.85 Å². The molecule has 0 heterocycles. The van der Waals surface area contributed by atoms with E-state index in [-0.39, 0.29) is 17.9 Å². The zero-order valence-electron chi connectivity index (χ0n) is 13.2. The third-order valence-corrected chi connectivity index (χ3v) is 3.26. The Bertz CT molecular complexity index is 890. The Hall–Kier alpha value is -3.68. The van der Waals surface area contributed by atoms with Gasteiger partial charge in [0.2, 0.25) is 0 Å². The second-order valence-electron chi connectivity index (χ2n) is 5.04. The van der Waals surface area contributed by atoms with Crippen molar-refractivity contribution in [3.8, 4) is 0 Å². The van der Waals surface area contributed by atoms with Crippen LogP contribution in [0.1, 0.15) is 16.7 Å². The number of nitrogens with zero attached hydrogens (tertiary/aromatic N) is 4. The zero-order valence-corrected chi connectivity index (χ0v) is 13.2. The van der Waals surface area contributed by atoms with Gasteiger partial charge in [0.25, 0.3) is 11.4 Å². The monoisotopic (exact) mass is 338 g/mol.